The molecule has 0 radical (unpaired) electrons. The molecular formula is C23H28ClN7O3S2. The van der Waals surface area contributed by atoms with Gasteiger partial charge in [0.15, 0.2) is 15.7 Å². The number of sulfone groups is 1. The van der Waals surface area contributed by atoms with Gasteiger partial charge in [0.1, 0.15) is 9.23 Å². The number of carbonyl (C=O) groups excluding carboxylic acids is 1. The largest absolute Gasteiger partial charge is 0.337 e. The van der Waals surface area contributed by atoms with Crippen molar-refractivity contribution in [3.8, 4) is 0 Å². The first-order chi connectivity index (χ1) is 17.2. The molecule has 10 nitrogen and oxygen atoms in total. The van der Waals surface area contributed by atoms with E-state index >= 15 is 0 Å². The van der Waals surface area contributed by atoms with Crippen LogP contribution in [0.4, 0.5) is 28.8 Å². The Balaban J connectivity index is 1.45. The summed E-state index contributed by atoms with van der Waals surface area (Å²) in [5, 5.41) is 13.7. The van der Waals surface area contributed by atoms with Crippen LogP contribution in [0.5, 0.6) is 0 Å². The summed E-state index contributed by atoms with van der Waals surface area (Å²) in [5.41, 5.74) is 1.73. The van der Waals surface area contributed by atoms with Crippen LogP contribution in [-0.2, 0) is 14.6 Å². The van der Waals surface area contributed by atoms with E-state index in [0.717, 1.165) is 37.5 Å². The number of amides is 1. The van der Waals surface area contributed by atoms with Crippen molar-refractivity contribution in [2.45, 2.75) is 23.3 Å². The van der Waals surface area contributed by atoms with E-state index in [2.05, 4.69) is 36.1 Å². The van der Waals surface area contributed by atoms with Gasteiger partial charge in [-0.05, 0) is 43.5 Å². The number of rotatable bonds is 9. The van der Waals surface area contributed by atoms with Crippen LogP contribution in [0.2, 0.25) is 5.02 Å². The zero-order chi connectivity index (χ0) is 25.7. The molecule has 1 aliphatic heterocycles. The second-order valence-electron chi connectivity index (χ2n) is 8.51. The number of hydrogen-bond donors (Lipinski definition) is 4. The van der Waals surface area contributed by atoms with E-state index in [9.17, 15) is 13.2 Å². The Morgan fingerprint density at radius 1 is 1.19 bits per heavy atom. The molecule has 1 aromatic carbocycles. The molecular weight excluding hydrogens is 522 g/mol. The van der Waals surface area contributed by atoms with Crippen molar-refractivity contribution in [2.75, 3.05) is 48.7 Å². The predicted octanol–water partition coefficient (Wildman–Crippen LogP) is 3.70. The minimum absolute atomic E-state index is 0.0776. The summed E-state index contributed by atoms with van der Waals surface area (Å²) in [6.45, 7) is 7.06. The highest BCUT2D eigenvalue weighted by Crippen LogP contribution is 2.34. The lowest BCUT2D eigenvalue weighted by Gasteiger charge is -2.26. The number of benzene rings is 1. The van der Waals surface area contributed by atoms with Crippen LogP contribution in [0, 0.1) is 0 Å². The number of nitrogens with zero attached hydrogens (tertiary/aromatic N) is 3. The van der Waals surface area contributed by atoms with Gasteiger partial charge in [0.2, 0.25) is 11.9 Å². The standard InChI is InChI=1S/C23H28ClN7O3S2/c1-15(2)36(33,34)22-19(6-11-35-22)29-21-18(24)13-26-23(30-21)28-17-5-3-4-16(12-17)27-20(32)14-31-9-7-25-8-10-31/h3-6,11-13,15,25H,7-10,14H2,1-2H3,(H,27,32)(H2,26,28,29,30). The molecule has 2 aromatic heterocycles. The Hall–Kier alpha value is -2.77. The summed E-state index contributed by atoms with van der Waals surface area (Å²) in [6, 6.07) is 8.91. The van der Waals surface area contributed by atoms with Gasteiger partial charge in [-0.15, -0.1) is 11.3 Å². The van der Waals surface area contributed by atoms with E-state index in [1.165, 1.54) is 6.20 Å². The molecule has 0 bridgehead atoms. The first-order valence-corrected chi connectivity index (χ1v) is 14.2. The topological polar surface area (TPSA) is 128 Å². The molecule has 192 valence electrons. The molecule has 1 fully saturated rings. The molecule has 36 heavy (non-hydrogen) atoms. The molecule has 1 aliphatic rings. The molecule has 3 heterocycles. The van der Waals surface area contributed by atoms with Gasteiger partial charge in [0.05, 0.1) is 23.7 Å². The van der Waals surface area contributed by atoms with Crippen LogP contribution in [-0.4, -0.2) is 67.2 Å². The molecule has 13 heteroatoms. The Morgan fingerprint density at radius 2 is 1.94 bits per heavy atom. The van der Waals surface area contributed by atoms with Gasteiger partial charge in [-0.1, -0.05) is 17.7 Å². The van der Waals surface area contributed by atoms with E-state index in [1.54, 1.807) is 31.4 Å². The Kier molecular flexibility index (Phi) is 8.42. The lowest BCUT2D eigenvalue weighted by Crippen LogP contribution is -2.46. The van der Waals surface area contributed by atoms with E-state index in [1.807, 2.05) is 18.2 Å². The first kappa shape index (κ1) is 26.3. The van der Waals surface area contributed by atoms with Crippen molar-refractivity contribution < 1.29 is 13.2 Å². The Bertz CT molecular complexity index is 1320. The third kappa shape index (κ3) is 6.51. The maximum absolute atomic E-state index is 12.7. The number of halogens is 1. The SMILES string of the molecule is CC(C)S(=O)(=O)c1sccc1Nc1nc(Nc2cccc(NC(=O)CN3CCNCC3)c2)ncc1Cl. The molecule has 0 atom stereocenters. The van der Waals surface area contributed by atoms with Crippen molar-refractivity contribution in [2.24, 2.45) is 0 Å². The van der Waals surface area contributed by atoms with E-state index < -0.39 is 15.1 Å². The van der Waals surface area contributed by atoms with Crippen molar-refractivity contribution in [3.63, 3.8) is 0 Å². The van der Waals surface area contributed by atoms with Crippen LogP contribution in [0.15, 0.2) is 46.1 Å². The van der Waals surface area contributed by atoms with Gasteiger partial charge in [-0.3, -0.25) is 9.69 Å². The summed E-state index contributed by atoms with van der Waals surface area (Å²) in [7, 11) is -3.47. The van der Waals surface area contributed by atoms with Crippen LogP contribution >= 0.6 is 22.9 Å². The van der Waals surface area contributed by atoms with Gasteiger partial charge in [-0.2, -0.15) is 4.98 Å². The van der Waals surface area contributed by atoms with Crippen molar-refractivity contribution in [1.29, 1.82) is 0 Å². The highest BCUT2D eigenvalue weighted by Gasteiger charge is 2.25. The maximum Gasteiger partial charge on any atom is 0.238 e. The number of nitrogens with one attached hydrogen (secondary N) is 4. The van der Waals surface area contributed by atoms with Crippen LogP contribution in [0.3, 0.4) is 0 Å². The third-order valence-electron chi connectivity index (χ3n) is 5.49. The lowest BCUT2D eigenvalue weighted by molar-refractivity contribution is -0.117. The van der Waals surface area contributed by atoms with Gasteiger partial charge in [0.25, 0.3) is 0 Å². The van der Waals surface area contributed by atoms with Crippen molar-refractivity contribution in [3.05, 3.63) is 46.9 Å². The van der Waals surface area contributed by atoms with Gasteiger partial charge < -0.3 is 21.3 Å². The molecule has 0 spiro atoms. The summed E-state index contributed by atoms with van der Waals surface area (Å²) >= 11 is 7.43. The third-order valence-corrected chi connectivity index (χ3v) is 9.43. The van der Waals surface area contributed by atoms with Crippen LogP contribution < -0.4 is 21.3 Å². The molecule has 4 N–H and O–H groups in total. The van der Waals surface area contributed by atoms with Crippen molar-refractivity contribution >= 4 is 67.5 Å². The monoisotopic (exact) mass is 549 g/mol. The average Bonchev–Trinajstić information content (AvgIpc) is 3.31. The second-order valence-corrected chi connectivity index (χ2v) is 12.5. The predicted molar refractivity (Wildman–Crippen MR) is 145 cm³/mol. The van der Waals surface area contributed by atoms with Crippen molar-refractivity contribution in [1.82, 2.24) is 20.2 Å². The number of thiophene rings is 1. The minimum atomic E-state index is -3.47. The van der Waals surface area contributed by atoms with Gasteiger partial charge >= 0.3 is 0 Å². The number of carbonyl (C=O) groups is 1. The minimum Gasteiger partial charge on any atom is -0.337 e. The Morgan fingerprint density at radius 3 is 2.69 bits per heavy atom. The zero-order valence-electron chi connectivity index (χ0n) is 19.9. The zero-order valence-corrected chi connectivity index (χ0v) is 22.3. The summed E-state index contributed by atoms with van der Waals surface area (Å²) in [6.07, 6.45) is 1.43. The molecule has 1 amide bonds. The van der Waals surface area contributed by atoms with Crippen LogP contribution in [0.1, 0.15) is 13.8 Å². The molecule has 4 rings (SSSR count). The summed E-state index contributed by atoms with van der Waals surface area (Å²) < 4.78 is 25.6. The maximum atomic E-state index is 12.7. The normalized spacial score (nSPS) is 14.6. The first-order valence-electron chi connectivity index (χ1n) is 11.4. The quantitative estimate of drug-likeness (QED) is 0.316. The summed E-state index contributed by atoms with van der Waals surface area (Å²) in [4.78, 5) is 23.2. The second kappa shape index (κ2) is 11.5. The molecule has 0 aliphatic carbocycles. The smallest absolute Gasteiger partial charge is 0.238 e. The van der Waals surface area contributed by atoms with Crippen LogP contribution in [0.25, 0.3) is 0 Å². The fourth-order valence-electron chi connectivity index (χ4n) is 3.54. The highest BCUT2D eigenvalue weighted by molar-refractivity contribution is 7.94. The van der Waals surface area contributed by atoms with Gasteiger partial charge in [-0.25, -0.2) is 13.4 Å². The van der Waals surface area contributed by atoms with E-state index in [0.29, 0.717) is 23.6 Å². The number of aromatic nitrogens is 2. The molecule has 0 saturated carbocycles. The van der Waals surface area contributed by atoms with E-state index in [-0.39, 0.29) is 26.9 Å². The fourth-order valence-corrected chi connectivity index (χ4v) is 6.39. The summed E-state index contributed by atoms with van der Waals surface area (Å²) in [5.74, 6) is 0.453. The number of anilines is 5. The molecule has 1 saturated heterocycles. The number of hydrogen-bond acceptors (Lipinski definition) is 10. The Labute approximate surface area is 219 Å². The average molecular weight is 550 g/mol. The van der Waals surface area contributed by atoms with Gasteiger partial charge in [0, 0.05) is 37.6 Å². The fraction of sp³-hybridized carbons (Fsp3) is 0.348. The molecule has 0 unspecified atom stereocenters. The molecule has 3 aromatic rings. The van der Waals surface area contributed by atoms with E-state index in [4.69, 9.17) is 11.6 Å². The lowest BCUT2D eigenvalue weighted by atomic mass is 10.2. The highest BCUT2D eigenvalue weighted by atomic mass is 35.5. The number of piperazine rings is 1.